The second-order valence-electron chi connectivity index (χ2n) is 5.33. The number of quaternary nitrogens is 2. The number of hydrogen-bond acceptors (Lipinski definition) is 3. The van der Waals surface area contributed by atoms with E-state index in [0.717, 1.165) is 25.3 Å². The zero-order valence-corrected chi connectivity index (χ0v) is 11.4. The van der Waals surface area contributed by atoms with E-state index >= 15 is 0 Å². The van der Waals surface area contributed by atoms with Crippen LogP contribution in [0.1, 0.15) is 39.0 Å². The molecule has 0 saturated heterocycles. The Balaban J connectivity index is 2.47. The summed E-state index contributed by atoms with van der Waals surface area (Å²) in [4.78, 5) is 5.54. The van der Waals surface area contributed by atoms with Gasteiger partial charge in [-0.3, -0.25) is 0 Å². The fourth-order valence-electron chi connectivity index (χ4n) is 2.72. The molecule has 102 valence electrons. The normalized spacial score (nSPS) is 28.8. The molecule has 1 saturated carbocycles. The van der Waals surface area contributed by atoms with Gasteiger partial charge in [0.2, 0.25) is 0 Å². The first-order valence-electron chi connectivity index (χ1n) is 6.79. The smallest absolute Gasteiger partial charge is 0.128 e. The van der Waals surface area contributed by atoms with Gasteiger partial charge in [0.25, 0.3) is 0 Å². The molecule has 0 aromatic heterocycles. The van der Waals surface area contributed by atoms with Gasteiger partial charge in [-0.2, -0.15) is 5.23 Å². The number of hydroxylamine groups is 5. The van der Waals surface area contributed by atoms with Gasteiger partial charge in [-0.05, 0) is 24.3 Å². The van der Waals surface area contributed by atoms with Crippen molar-refractivity contribution < 1.29 is 14.8 Å². The van der Waals surface area contributed by atoms with Crippen LogP contribution in [0.15, 0.2) is 0 Å². The monoisotopic (exact) mass is 246 g/mol. The lowest BCUT2D eigenvalue weighted by Gasteiger charge is -2.32. The third-order valence-electron chi connectivity index (χ3n) is 3.64. The minimum atomic E-state index is -0.178. The Labute approximate surface area is 105 Å². The van der Waals surface area contributed by atoms with Gasteiger partial charge < -0.3 is 10.9 Å². The molecular weight excluding hydrogens is 218 g/mol. The average molecular weight is 246 g/mol. The first-order valence-corrected chi connectivity index (χ1v) is 6.79. The van der Waals surface area contributed by atoms with Crippen molar-refractivity contribution in [2.75, 3.05) is 27.2 Å². The molecule has 0 radical (unpaired) electrons. The quantitative estimate of drug-likeness (QED) is 0.347. The van der Waals surface area contributed by atoms with Crippen LogP contribution in [0.2, 0.25) is 0 Å². The number of unbranched alkanes of at least 4 members (excludes halogenated alkanes) is 1. The molecule has 0 spiro atoms. The van der Waals surface area contributed by atoms with Crippen LogP contribution in [0, 0.1) is 11.1 Å². The summed E-state index contributed by atoms with van der Waals surface area (Å²) in [6, 6.07) is 0.511. The van der Waals surface area contributed by atoms with E-state index in [2.05, 4.69) is 6.92 Å². The van der Waals surface area contributed by atoms with Crippen LogP contribution in [-0.4, -0.2) is 37.9 Å². The van der Waals surface area contributed by atoms with E-state index in [4.69, 9.17) is 10.7 Å². The predicted octanol–water partition coefficient (Wildman–Crippen LogP) is 0.220. The maximum atomic E-state index is 11.2. The molecule has 5 heteroatoms. The minimum absolute atomic E-state index is 0.178. The molecule has 5 nitrogen and oxygen atoms in total. The first-order chi connectivity index (χ1) is 8.03. The second-order valence-corrected chi connectivity index (χ2v) is 5.33. The van der Waals surface area contributed by atoms with Gasteiger partial charge in [0.15, 0.2) is 0 Å². The van der Waals surface area contributed by atoms with Crippen LogP contribution in [0.25, 0.3) is 0 Å². The Morgan fingerprint density at radius 3 is 2.71 bits per heavy atom. The highest BCUT2D eigenvalue weighted by atomic mass is 17.0. The van der Waals surface area contributed by atoms with Crippen LogP contribution < -0.4 is 11.0 Å². The summed E-state index contributed by atoms with van der Waals surface area (Å²) in [7, 11) is 3.54. The molecule has 1 fully saturated rings. The van der Waals surface area contributed by atoms with Crippen molar-refractivity contribution in [1.29, 1.82) is 0 Å². The van der Waals surface area contributed by atoms with E-state index in [1.54, 1.807) is 0 Å². The average Bonchev–Trinajstić information content (AvgIpc) is 2.98. The summed E-state index contributed by atoms with van der Waals surface area (Å²) in [6.07, 6.45) is 5.68. The third-order valence-corrected chi connectivity index (χ3v) is 3.64. The Kier molecular flexibility index (Phi) is 5.82. The molecule has 1 aliphatic carbocycles. The van der Waals surface area contributed by atoms with Gasteiger partial charge in [0.05, 0.1) is 0 Å². The number of hydrogen-bond donors (Lipinski definition) is 2. The van der Waals surface area contributed by atoms with E-state index < -0.39 is 0 Å². The van der Waals surface area contributed by atoms with Gasteiger partial charge in [-0.15, -0.1) is 4.65 Å². The van der Waals surface area contributed by atoms with Gasteiger partial charge in [0, 0.05) is 18.8 Å². The summed E-state index contributed by atoms with van der Waals surface area (Å²) in [5.74, 6) is 0.738. The van der Waals surface area contributed by atoms with Gasteiger partial charge in [-0.1, -0.05) is 13.3 Å². The maximum Gasteiger partial charge on any atom is 0.128 e. The van der Waals surface area contributed by atoms with E-state index in [1.807, 2.05) is 7.05 Å². The molecule has 1 aliphatic rings. The number of nitrogens with two attached hydrogens (primary N) is 1. The molecule has 1 rings (SSSR count). The topological polar surface area (TPSA) is 62.8 Å². The fourth-order valence-corrected chi connectivity index (χ4v) is 2.72. The SMILES string of the molecule is CCCC1CC1[N+](C)(CCCCN)O[NH+](C)[O-]. The maximum absolute atomic E-state index is 11.2. The summed E-state index contributed by atoms with van der Waals surface area (Å²) in [5.41, 5.74) is 5.51. The van der Waals surface area contributed by atoms with Crippen molar-refractivity contribution in [1.82, 2.24) is 0 Å². The molecule has 4 unspecified atom stereocenters. The molecule has 0 amide bonds. The lowest BCUT2D eigenvalue weighted by molar-refractivity contribution is -1.32. The van der Waals surface area contributed by atoms with E-state index in [-0.39, 0.29) is 5.23 Å². The van der Waals surface area contributed by atoms with Gasteiger partial charge in [-0.25, -0.2) is 0 Å². The Morgan fingerprint density at radius 2 is 2.18 bits per heavy atom. The van der Waals surface area contributed by atoms with Gasteiger partial charge in [0.1, 0.15) is 26.7 Å². The number of nitrogens with zero attached hydrogens (tertiary/aromatic N) is 1. The van der Waals surface area contributed by atoms with Crippen molar-refractivity contribution in [3.63, 3.8) is 0 Å². The van der Waals surface area contributed by atoms with Crippen molar-refractivity contribution in [3.05, 3.63) is 5.21 Å². The molecule has 0 bridgehead atoms. The molecular formula is C12H28N3O2+. The van der Waals surface area contributed by atoms with Gasteiger partial charge >= 0.3 is 0 Å². The highest BCUT2D eigenvalue weighted by molar-refractivity contribution is 4.86. The summed E-state index contributed by atoms with van der Waals surface area (Å²) >= 11 is 0. The van der Waals surface area contributed by atoms with Crippen molar-refractivity contribution in [3.8, 4) is 0 Å². The van der Waals surface area contributed by atoms with E-state index in [0.29, 0.717) is 17.2 Å². The van der Waals surface area contributed by atoms with Crippen LogP contribution in [0.5, 0.6) is 0 Å². The Hall–Kier alpha value is -0.200. The van der Waals surface area contributed by atoms with E-state index in [1.165, 1.54) is 26.3 Å². The predicted molar refractivity (Wildman–Crippen MR) is 67.5 cm³/mol. The summed E-state index contributed by atoms with van der Waals surface area (Å²) in [5, 5.41) is 11.0. The molecule has 17 heavy (non-hydrogen) atoms. The zero-order valence-electron chi connectivity index (χ0n) is 11.4. The highest BCUT2D eigenvalue weighted by Crippen LogP contribution is 2.42. The van der Waals surface area contributed by atoms with Crippen molar-refractivity contribution >= 4 is 0 Å². The van der Waals surface area contributed by atoms with E-state index in [9.17, 15) is 5.21 Å². The summed E-state index contributed by atoms with van der Waals surface area (Å²) in [6.45, 7) is 3.81. The number of rotatable bonds is 9. The molecule has 0 heterocycles. The molecule has 0 aromatic carbocycles. The minimum Gasteiger partial charge on any atom is -0.596 e. The van der Waals surface area contributed by atoms with Crippen LogP contribution in [-0.2, 0) is 4.94 Å². The fraction of sp³-hybridized carbons (Fsp3) is 1.00. The second kappa shape index (κ2) is 6.66. The largest absolute Gasteiger partial charge is 0.596 e. The summed E-state index contributed by atoms with van der Waals surface area (Å²) < 4.78 is 0.458. The first kappa shape index (κ1) is 14.9. The molecule has 4 atom stereocenters. The standard InChI is InChI=1S/C12H28N3O2/c1-4-7-11-10-12(11)15(3,17-14(2)16)9-6-5-8-13/h11-12,14H,4-10,13H2,1-3H3/q+1. The molecule has 3 N–H and O–H groups in total. The molecule has 0 aliphatic heterocycles. The van der Waals surface area contributed by atoms with Crippen LogP contribution in [0.3, 0.4) is 0 Å². The van der Waals surface area contributed by atoms with Crippen LogP contribution >= 0.6 is 0 Å². The Morgan fingerprint density at radius 1 is 1.47 bits per heavy atom. The zero-order chi connectivity index (χ0) is 12.9. The van der Waals surface area contributed by atoms with Crippen LogP contribution in [0.4, 0.5) is 0 Å². The lowest BCUT2D eigenvalue weighted by atomic mass is 10.2. The highest BCUT2D eigenvalue weighted by Gasteiger charge is 2.53. The number of nitrogens with one attached hydrogen (secondary N) is 1. The van der Waals surface area contributed by atoms with Crippen molar-refractivity contribution in [2.24, 2.45) is 11.7 Å². The molecule has 0 aromatic rings. The lowest BCUT2D eigenvalue weighted by Crippen LogP contribution is -3.05. The Bertz CT molecular complexity index is 226. The third kappa shape index (κ3) is 4.52. The van der Waals surface area contributed by atoms with Crippen molar-refractivity contribution in [2.45, 2.75) is 45.1 Å².